The summed E-state index contributed by atoms with van der Waals surface area (Å²) < 4.78 is 10.8. The Hall–Kier alpha value is -4.66. The number of ether oxygens (including phenoxy) is 2. The third-order valence-corrected chi connectivity index (χ3v) is 8.59. The van der Waals surface area contributed by atoms with Crippen molar-refractivity contribution in [3.05, 3.63) is 119 Å². The van der Waals surface area contributed by atoms with Gasteiger partial charge in [0, 0.05) is 26.2 Å². The summed E-state index contributed by atoms with van der Waals surface area (Å²) in [6, 6.07) is 33.3. The Balaban J connectivity index is 1.29. The van der Waals surface area contributed by atoms with Crippen molar-refractivity contribution >= 4 is 24.2 Å². The van der Waals surface area contributed by atoms with Crippen LogP contribution in [0.5, 0.6) is 11.5 Å². The summed E-state index contributed by atoms with van der Waals surface area (Å²) in [5.41, 5.74) is 6.37. The molecule has 0 aliphatic rings. The lowest BCUT2D eigenvalue weighted by Crippen LogP contribution is -2.27. The van der Waals surface area contributed by atoms with Crippen LogP contribution < -0.4 is 20.1 Å². The van der Waals surface area contributed by atoms with Gasteiger partial charge >= 0.3 is 0 Å². The van der Waals surface area contributed by atoms with E-state index in [9.17, 15) is 9.59 Å². The number of hydrogen-bond acceptors (Lipinski definition) is 6. The molecule has 4 rings (SSSR count). The van der Waals surface area contributed by atoms with E-state index in [-0.39, 0.29) is 0 Å². The second-order valence-electron chi connectivity index (χ2n) is 12.0. The number of unbranched alkanes of at least 4 members (excludes halogenated alkanes) is 3. The van der Waals surface area contributed by atoms with E-state index in [4.69, 9.17) is 9.47 Å². The smallest absolute Gasteiger partial charge is 0.211 e. The van der Waals surface area contributed by atoms with Gasteiger partial charge < -0.3 is 20.1 Å². The van der Waals surface area contributed by atoms with Crippen LogP contribution >= 0.6 is 0 Å². The van der Waals surface area contributed by atoms with Gasteiger partial charge in [-0.15, -0.1) is 0 Å². The molecule has 2 N–H and O–H groups in total. The third kappa shape index (κ3) is 12.2. The van der Waals surface area contributed by atoms with Crippen molar-refractivity contribution in [2.45, 2.75) is 51.6 Å². The molecule has 0 heterocycles. The molecule has 0 atom stereocenters. The van der Waals surface area contributed by atoms with E-state index in [1.54, 1.807) is 14.2 Å². The van der Waals surface area contributed by atoms with Crippen LogP contribution in [0.1, 0.15) is 47.9 Å². The molecule has 0 unspecified atom stereocenters. The normalized spacial score (nSPS) is 11.0. The van der Waals surface area contributed by atoms with Gasteiger partial charge in [-0.1, -0.05) is 85.6 Å². The van der Waals surface area contributed by atoms with Crippen LogP contribution in [0.2, 0.25) is 0 Å². The Labute approximate surface area is 286 Å². The fraction of sp³-hybridized carbons (Fsp3) is 0.350. The molecule has 0 saturated carbocycles. The van der Waals surface area contributed by atoms with Gasteiger partial charge in [0.15, 0.2) is 0 Å². The Morgan fingerprint density at radius 3 is 1.31 bits per heavy atom. The zero-order chi connectivity index (χ0) is 33.8. The van der Waals surface area contributed by atoms with Gasteiger partial charge in [-0.3, -0.25) is 19.4 Å². The molecule has 0 spiro atoms. The quantitative estimate of drug-likeness (QED) is 0.0653. The van der Waals surface area contributed by atoms with Gasteiger partial charge in [0.25, 0.3) is 0 Å². The summed E-state index contributed by atoms with van der Waals surface area (Å²) in [5, 5.41) is 5.51. The van der Waals surface area contributed by atoms with Crippen LogP contribution in [0.4, 0.5) is 11.4 Å². The molecule has 0 bridgehead atoms. The molecule has 0 aromatic heterocycles. The lowest BCUT2D eigenvalue weighted by Gasteiger charge is -2.24. The number of rotatable bonds is 23. The summed E-state index contributed by atoms with van der Waals surface area (Å²) in [6.07, 6.45) is 7.80. The maximum Gasteiger partial charge on any atom is 0.211 e. The number of carbonyl (C=O) groups excluding carboxylic acids is 2. The predicted molar refractivity (Wildman–Crippen MR) is 195 cm³/mol. The minimum absolute atomic E-state index is 0.663. The fourth-order valence-corrected chi connectivity index (χ4v) is 6.00. The van der Waals surface area contributed by atoms with Crippen molar-refractivity contribution in [1.82, 2.24) is 9.80 Å². The summed E-state index contributed by atoms with van der Waals surface area (Å²) in [4.78, 5) is 27.2. The topological polar surface area (TPSA) is 83.1 Å². The number of methoxy groups -OCH3 is 2. The number of hydrogen-bond donors (Lipinski definition) is 2. The Bertz CT molecular complexity index is 1400. The minimum Gasteiger partial charge on any atom is -0.495 e. The molecule has 8 nitrogen and oxygen atoms in total. The first kappa shape index (κ1) is 36.2. The Morgan fingerprint density at radius 1 is 0.521 bits per heavy atom. The van der Waals surface area contributed by atoms with Crippen LogP contribution in [0.15, 0.2) is 97.1 Å². The Kier molecular flexibility index (Phi) is 15.5. The summed E-state index contributed by atoms with van der Waals surface area (Å²) >= 11 is 0. The van der Waals surface area contributed by atoms with E-state index in [0.29, 0.717) is 35.7 Å². The molecule has 0 saturated heterocycles. The highest BCUT2D eigenvalue weighted by Crippen LogP contribution is 2.26. The standard InChI is InChI=1S/C40H50N4O4/c1-47-39-19-17-33(27-37(39)41-31-45)21-25-43(29-35-13-7-5-8-14-35)23-11-3-4-12-24-44(30-36-15-9-6-10-16-36)26-22-34-18-20-40(48-2)38(28-34)42-32-46/h5-10,13-20,27-28,31-32H,3-4,11-12,21-26,29-30H2,1-2H3,(H,41,45)(H,42,46). The number of anilines is 2. The summed E-state index contributed by atoms with van der Waals surface area (Å²) in [5.74, 6) is 1.33. The van der Waals surface area contributed by atoms with Crippen molar-refractivity contribution in [2.24, 2.45) is 0 Å². The first-order valence-electron chi connectivity index (χ1n) is 16.9. The second kappa shape index (κ2) is 20.5. The summed E-state index contributed by atoms with van der Waals surface area (Å²) in [6.45, 7) is 5.76. The van der Waals surface area contributed by atoms with Crippen LogP contribution in [0, 0.1) is 0 Å². The first-order valence-corrected chi connectivity index (χ1v) is 16.9. The van der Waals surface area contributed by atoms with E-state index >= 15 is 0 Å². The monoisotopic (exact) mass is 650 g/mol. The van der Waals surface area contributed by atoms with Gasteiger partial charge in [-0.25, -0.2) is 0 Å². The molecule has 48 heavy (non-hydrogen) atoms. The highest BCUT2D eigenvalue weighted by Gasteiger charge is 2.11. The molecular weight excluding hydrogens is 600 g/mol. The molecule has 4 aromatic carbocycles. The van der Waals surface area contributed by atoms with Crippen LogP contribution in [-0.4, -0.2) is 63.0 Å². The minimum atomic E-state index is 0.663. The summed E-state index contributed by atoms with van der Waals surface area (Å²) in [7, 11) is 3.22. The van der Waals surface area contributed by atoms with Crippen LogP contribution in [-0.2, 0) is 35.5 Å². The van der Waals surface area contributed by atoms with E-state index in [1.807, 2.05) is 24.3 Å². The number of nitrogens with zero attached hydrogens (tertiary/aromatic N) is 2. The average Bonchev–Trinajstić information content (AvgIpc) is 3.12. The van der Waals surface area contributed by atoms with E-state index in [2.05, 4.69) is 93.2 Å². The highest BCUT2D eigenvalue weighted by molar-refractivity contribution is 5.76. The van der Waals surface area contributed by atoms with Gasteiger partial charge in [0.05, 0.1) is 25.6 Å². The molecule has 2 amide bonds. The number of benzene rings is 4. The second-order valence-corrected chi connectivity index (χ2v) is 12.0. The lowest BCUT2D eigenvalue weighted by atomic mass is 10.1. The first-order chi connectivity index (χ1) is 23.6. The van der Waals surface area contributed by atoms with E-state index in [1.165, 1.54) is 35.1 Å². The molecule has 0 fully saturated rings. The van der Waals surface area contributed by atoms with Gasteiger partial charge in [0.2, 0.25) is 12.8 Å². The van der Waals surface area contributed by atoms with Crippen molar-refractivity contribution in [1.29, 1.82) is 0 Å². The number of amides is 2. The number of carbonyl (C=O) groups is 2. The fourth-order valence-electron chi connectivity index (χ4n) is 6.00. The van der Waals surface area contributed by atoms with Crippen LogP contribution in [0.25, 0.3) is 0 Å². The molecule has 0 aliphatic carbocycles. The van der Waals surface area contributed by atoms with E-state index in [0.717, 1.165) is 65.0 Å². The SMILES string of the molecule is COc1ccc(CCN(CCCCCCN(CCc2ccc(OC)c(NC=O)c2)Cc2ccccc2)Cc2ccccc2)cc1NC=O. The molecule has 0 aliphatic heterocycles. The van der Waals surface area contributed by atoms with E-state index < -0.39 is 0 Å². The van der Waals surface area contributed by atoms with Crippen LogP contribution in [0.3, 0.4) is 0 Å². The average molecular weight is 651 g/mol. The van der Waals surface area contributed by atoms with Gasteiger partial charge in [-0.2, -0.15) is 0 Å². The molecule has 254 valence electrons. The van der Waals surface area contributed by atoms with Gasteiger partial charge in [-0.05, 0) is 85.3 Å². The largest absolute Gasteiger partial charge is 0.495 e. The Morgan fingerprint density at radius 2 is 0.938 bits per heavy atom. The molecule has 4 aromatic rings. The maximum absolute atomic E-state index is 11.1. The predicted octanol–water partition coefficient (Wildman–Crippen LogP) is 7.19. The lowest BCUT2D eigenvalue weighted by molar-refractivity contribution is -0.106. The highest BCUT2D eigenvalue weighted by atomic mass is 16.5. The third-order valence-electron chi connectivity index (χ3n) is 8.59. The molecule has 8 heteroatoms. The van der Waals surface area contributed by atoms with Crippen molar-refractivity contribution < 1.29 is 19.1 Å². The van der Waals surface area contributed by atoms with Crippen molar-refractivity contribution in [2.75, 3.05) is 51.0 Å². The zero-order valence-corrected chi connectivity index (χ0v) is 28.4. The molecule has 0 radical (unpaired) electrons. The number of nitrogens with one attached hydrogen (secondary N) is 2. The maximum atomic E-state index is 11.1. The van der Waals surface area contributed by atoms with Gasteiger partial charge in [0.1, 0.15) is 11.5 Å². The van der Waals surface area contributed by atoms with Crippen molar-refractivity contribution in [3.8, 4) is 11.5 Å². The zero-order valence-electron chi connectivity index (χ0n) is 28.4. The molecular formula is C40H50N4O4. The van der Waals surface area contributed by atoms with Crippen molar-refractivity contribution in [3.63, 3.8) is 0 Å².